The number of anilines is 1. The molecule has 1 aromatic carbocycles. The summed E-state index contributed by atoms with van der Waals surface area (Å²) in [6.45, 7) is 0. The van der Waals surface area contributed by atoms with E-state index in [1.807, 2.05) is 0 Å². The quantitative estimate of drug-likeness (QED) is 0.856. The molecule has 0 radical (unpaired) electrons. The van der Waals surface area contributed by atoms with Gasteiger partial charge in [0.2, 0.25) is 0 Å². The Bertz CT molecular complexity index is 394. The molecule has 0 atom stereocenters. The first-order valence-corrected chi connectivity index (χ1v) is 6.24. The second-order valence-electron chi connectivity index (χ2n) is 3.09. The van der Waals surface area contributed by atoms with Gasteiger partial charge in [0.05, 0.1) is 13.5 Å². The van der Waals surface area contributed by atoms with Crippen LogP contribution in [0.3, 0.4) is 0 Å². The van der Waals surface area contributed by atoms with Gasteiger partial charge in [0, 0.05) is 16.5 Å². The Balaban J connectivity index is 2.30. The van der Waals surface area contributed by atoms with Gasteiger partial charge in [-0.25, -0.2) is 0 Å². The van der Waals surface area contributed by atoms with Gasteiger partial charge >= 0.3 is 5.97 Å². The first kappa shape index (κ1) is 13.9. The van der Waals surface area contributed by atoms with Crippen molar-refractivity contribution in [3.63, 3.8) is 0 Å². The molecule has 0 aliphatic rings. The Morgan fingerprint density at radius 2 is 2.00 bits per heavy atom. The van der Waals surface area contributed by atoms with Crippen LogP contribution in [-0.2, 0) is 9.53 Å². The van der Waals surface area contributed by atoms with Gasteiger partial charge in [0.25, 0.3) is 5.24 Å². The van der Waals surface area contributed by atoms with E-state index in [1.165, 1.54) is 7.11 Å². The summed E-state index contributed by atoms with van der Waals surface area (Å²) in [6, 6.07) is 6.80. The van der Waals surface area contributed by atoms with Gasteiger partial charge < -0.3 is 10.1 Å². The number of nitrogens with one attached hydrogen (secondary N) is 1. The Morgan fingerprint density at radius 1 is 1.35 bits per heavy atom. The zero-order valence-corrected chi connectivity index (χ0v) is 10.8. The summed E-state index contributed by atoms with van der Waals surface area (Å²) in [5, 5.41) is 3.07. The van der Waals surface area contributed by atoms with Gasteiger partial charge in [-0.05, 0) is 24.3 Å². The molecule has 4 nitrogen and oxygen atoms in total. The number of carbonyl (C=O) groups is 2. The average Bonchev–Trinajstić information content (AvgIpc) is 2.32. The van der Waals surface area contributed by atoms with Crippen LogP contribution in [0.15, 0.2) is 24.3 Å². The third-order valence-electron chi connectivity index (χ3n) is 1.86. The van der Waals surface area contributed by atoms with Crippen LogP contribution < -0.4 is 5.32 Å². The smallest absolute Gasteiger partial charge is 0.306 e. The van der Waals surface area contributed by atoms with Crippen molar-refractivity contribution in [3.8, 4) is 0 Å². The minimum Gasteiger partial charge on any atom is -0.469 e. The zero-order chi connectivity index (χ0) is 12.7. The number of benzene rings is 1. The number of amides is 1. The fraction of sp³-hybridized carbons (Fsp3) is 0.273. The highest BCUT2D eigenvalue weighted by atomic mass is 35.5. The Kier molecular flexibility index (Phi) is 5.86. The van der Waals surface area contributed by atoms with Gasteiger partial charge in [-0.3, -0.25) is 9.59 Å². The van der Waals surface area contributed by atoms with Crippen molar-refractivity contribution >= 4 is 40.3 Å². The molecule has 0 bridgehead atoms. The maximum Gasteiger partial charge on any atom is 0.306 e. The summed E-state index contributed by atoms with van der Waals surface area (Å²) < 4.78 is 4.46. The van der Waals surface area contributed by atoms with Crippen molar-refractivity contribution < 1.29 is 14.3 Å². The Hall–Kier alpha value is -1.20. The van der Waals surface area contributed by atoms with Crippen LogP contribution in [-0.4, -0.2) is 24.1 Å². The summed E-state index contributed by atoms with van der Waals surface area (Å²) in [7, 11) is 1.32. The number of halogens is 1. The van der Waals surface area contributed by atoms with Crippen molar-refractivity contribution in [2.24, 2.45) is 0 Å². The van der Waals surface area contributed by atoms with E-state index in [0.717, 1.165) is 11.8 Å². The van der Waals surface area contributed by atoms with E-state index in [1.54, 1.807) is 24.3 Å². The molecule has 0 heterocycles. The van der Waals surface area contributed by atoms with Gasteiger partial charge in [-0.15, -0.1) is 0 Å². The van der Waals surface area contributed by atoms with E-state index in [9.17, 15) is 9.59 Å². The number of thioether (sulfide) groups is 1. The molecule has 1 rings (SSSR count). The van der Waals surface area contributed by atoms with Crippen LogP contribution >= 0.6 is 23.4 Å². The van der Waals surface area contributed by atoms with Gasteiger partial charge in [-0.1, -0.05) is 23.4 Å². The SMILES string of the molecule is COC(=O)CCSC(=O)Nc1ccc(Cl)cc1. The van der Waals surface area contributed by atoms with Crippen LogP contribution in [0.1, 0.15) is 6.42 Å². The summed E-state index contributed by atoms with van der Waals surface area (Å²) in [5.74, 6) is 0.0725. The lowest BCUT2D eigenvalue weighted by atomic mass is 10.3. The predicted octanol–water partition coefficient (Wildman–Crippen LogP) is 3.17. The topological polar surface area (TPSA) is 55.4 Å². The van der Waals surface area contributed by atoms with Crippen LogP contribution in [0, 0.1) is 0 Å². The number of ether oxygens (including phenoxy) is 1. The summed E-state index contributed by atoms with van der Waals surface area (Å²) in [5.41, 5.74) is 0.671. The Labute approximate surface area is 109 Å². The summed E-state index contributed by atoms with van der Waals surface area (Å²) in [4.78, 5) is 22.2. The van der Waals surface area contributed by atoms with E-state index in [2.05, 4.69) is 10.1 Å². The van der Waals surface area contributed by atoms with Crippen molar-refractivity contribution in [2.45, 2.75) is 6.42 Å². The molecule has 0 unspecified atom stereocenters. The normalized spacial score (nSPS) is 9.76. The second-order valence-corrected chi connectivity index (χ2v) is 4.60. The zero-order valence-electron chi connectivity index (χ0n) is 9.23. The molecule has 1 amide bonds. The van der Waals surface area contributed by atoms with E-state index >= 15 is 0 Å². The molecule has 6 heteroatoms. The standard InChI is InChI=1S/C11H12ClNO3S/c1-16-10(14)6-7-17-11(15)13-9-4-2-8(12)3-5-9/h2-5H,6-7H2,1H3,(H,13,15). The van der Waals surface area contributed by atoms with Crippen molar-refractivity contribution in [2.75, 3.05) is 18.2 Å². The third kappa shape index (κ3) is 5.60. The largest absolute Gasteiger partial charge is 0.469 e. The van der Waals surface area contributed by atoms with Crippen LogP contribution in [0.25, 0.3) is 0 Å². The molecular weight excluding hydrogens is 262 g/mol. The first-order valence-electron chi connectivity index (χ1n) is 4.88. The van der Waals surface area contributed by atoms with E-state index < -0.39 is 0 Å². The molecule has 0 saturated carbocycles. The molecule has 0 spiro atoms. The molecule has 0 aromatic heterocycles. The number of esters is 1. The van der Waals surface area contributed by atoms with Crippen molar-refractivity contribution in [1.29, 1.82) is 0 Å². The molecule has 1 N–H and O–H groups in total. The highest BCUT2D eigenvalue weighted by Gasteiger charge is 2.05. The van der Waals surface area contributed by atoms with E-state index in [0.29, 0.717) is 16.5 Å². The molecule has 0 aliphatic heterocycles. The lowest BCUT2D eigenvalue weighted by Crippen LogP contribution is -2.08. The van der Waals surface area contributed by atoms with E-state index in [-0.39, 0.29) is 17.6 Å². The predicted molar refractivity (Wildman–Crippen MR) is 69.6 cm³/mol. The van der Waals surface area contributed by atoms with Crippen molar-refractivity contribution in [3.05, 3.63) is 29.3 Å². The van der Waals surface area contributed by atoms with Crippen LogP contribution in [0.4, 0.5) is 10.5 Å². The van der Waals surface area contributed by atoms with Crippen LogP contribution in [0.2, 0.25) is 5.02 Å². The summed E-state index contributed by atoms with van der Waals surface area (Å²) >= 11 is 6.75. The number of carbonyl (C=O) groups excluding carboxylic acids is 2. The van der Waals surface area contributed by atoms with E-state index in [4.69, 9.17) is 11.6 Å². The Morgan fingerprint density at radius 3 is 2.59 bits per heavy atom. The number of rotatable bonds is 4. The fourth-order valence-electron chi connectivity index (χ4n) is 1.02. The maximum absolute atomic E-state index is 11.4. The molecule has 17 heavy (non-hydrogen) atoms. The molecule has 92 valence electrons. The monoisotopic (exact) mass is 273 g/mol. The number of methoxy groups -OCH3 is 1. The molecule has 1 aromatic rings. The lowest BCUT2D eigenvalue weighted by molar-refractivity contribution is -0.140. The highest BCUT2D eigenvalue weighted by Crippen LogP contribution is 2.15. The lowest BCUT2D eigenvalue weighted by Gasteiger charge is -2.04. The van der Waals surface area contributed by atoms with Gasteiger partial charge in [0.1, 0.15) is 0 Å². The van der Waals surface area contributed by atoms with Gasteiger partial charge in [0.15, 0.2) is 0 Å². The molecular formula is C11H12ClNO3S. The highest BCUT2D eigenvalue weighted by molar-refractivity contribution is 8.13. The maximum atomic E-state index is 11.4. The first-order chi connectivity index (χ1) is 8.11. The second kappa shape index (κ2) is 7.19. The fourth-order valence-corrected chi connectivity index (χ4v) is 1.79. The minimum atomic E-state index is -0.322. The summed E-state index contributed by atoms with van der Waals surface area (Å²) in [6.07, 6.45) is 0.217. The van der Waals surface area contributed by atoms with Gasteiger partial charge in [-0.2, -0.15) is 0 Å². The van der Waals surface area contributed by atoms with Crippen LogP contribution in [0.5, 0.6) is 0 Å². The number of hydrogen-bond acceptors (Lipinski definition) is 4. The third-order valence-corrected chi connectivity index (χ3v) is 2.88. The molecule has 0 saturated heterocycles. The minimum absolute atomic E-state index is 0.212. The van der Waals surface area contributed by atoms with Crippen molar-refractivity contribution in [1.82, 2.24) is 0 Å². The average molecular weight is 274 g/mol. The molecule has 0 aliphatic carbocycles. The number of hydrogen-bond donors (Lipinski definition) is 1. The molecule has 0 fully saturated rings.